The normalized spacial score (nSPS) is 16.8. The van der Waals surface area contributed by atoms with Crippen molar-refractivity contribution in [1.82, 2.24) is 5.32 Å². The van der Waals surface area contributed by atoms with E-state index in [1.807, 2.05) is 0 Å². The summed E-state index contributed by atoms with van der Waals surface area (Å²) < 4.78 is 40.7. The minimum Gasteiger partial charge on any atom is -0.496 e. The van der Waals surface area contributed by atoms with Gasteiger partial charge >= 0.3 is 0 Å². The van der Waals surface area contributed by atoms with Gasteiger partial charge in [0.2, 0.25) is 5.91 Å². The molecule has 1 aliphatic heterocycles. The maximum absolute atomic E-state index is 13.1. The van der Waals surface area contributed by atoms with E-state index < -0.39 is 33.5 Å². The summed E-state index contributed by atoms with van der Waals surface area (Å²) in [6, 6.07) is 10.6. The van der Waals surface area contributed by atoms with Gasteiger partial charge in [0.1, 0.15) is 21.6 Å². The Bertz CT molecular complexity index is 1190. The van der Waals surface area contributed by atoms with Crippen LogP contribution in [0.5, 0.6) is 17.2 Å². The number of sulfone groups is 1. The number of anilines is 1. The van der Waals surface area contributed by atoms with E-state index >= 15 is 0 Å². The summed E-state index contributed by atoms with van der Waals surface area (Å²) in [5.74, 6) is -0.448. The summed E-state index contributed by atoms with van der Waals surface area (Å²) in [5, 5.41) is 5.40. The van der Waals surface area contributed by atoms with Gasteiger partial charge in [0, 0.05) is 30.9 Å². The van der Waals surface area contributed by atoms with E-state index in [0.29, 0.717) is 22.9 Å². The van der Waals surface area contributed by atoms with Crippen molar-refractivity contribution >= 4 is 27.3 Å². The maximum Gasteiger partial charge on any atom is 0.255 e. The second-order valence-corrected chi connectivity index (χ2v) is 10.9. The standard InChI is InChI=1S/C24H28N2O7S/c1-31-19-8-4-3-7-17(19)22(27)26-18(11-14-34(2,29)30)23(28)25-16-9-10-20-21(15-16)33-24(32-20)12-5-6-13-24/h3-4,7-10,15,18H,5-6,11-14H2,1-2H3,(H,25,28)(H,26,27)/t18-/m1/s1. The molecule has 2 amide bonds. The zero-order valence-electron chi connectivity index (χ0n) is 19.1. The number of rotatable bonds is 8. The third-order valence-electron chi connectivity index (χ3n) is 5.92. The number of hydrogen-bond acceptors (Lipinski definition) is 7. The van der Waals surface area contributed by atoms with E-state index in [4.69, 9.17) is 14.2 Å². The molecule has 182 valence electrons. The summed E-state index contributed by atoms with van der Waals surface area (Å²) in [5.41, 5.74) is 0.699. The molecule has 1 spiro atoms. The first-order chi connectivity index (χ1) is 16.2. The van der Waals surface area contributed by atoms with E-state index in [9.17, 15) is 18.0 Å². The van der Waals surface area contributed by atoms with Crippen LogP contribution in [0.15, 0.2) is 42.5 Å². The maximum atomic E-state index is 13.1. The van der Waals surface area contributed by atoms with Gasteiger partial charge in [0.05, 0.1) is 18.4 Å². The number of para-hydroxylation sites is 1. The molecule has 0 bridgehead atoms. The van der Waals surface area contributed by atoms with Crippen molar-refractivity contribution in [2.24, 2.45) is 0 Å². The largest absolute Gasteiger partial charge is 0.496 e. The zero-order valence-corrected chi connectivity index (χ0v) is 19.9. The number of benzene rings is 2. The van der Waals surface area contributed by atoms with Crippen molar-refractivity contribution in [3.63, 3.8) is 0 Å². The highest BCUT2D eigenvalue weighted by Crippen LogP contribution is 2.47. The Kier molecular flexibility index (Phi) is 6.70. The highest BCUT2D eigenvalue weighted by atomic mass is 32.2. The van der Waals surface area contributed by atoms with Crippen LogP contribution in [-0.4, -0.2) is 51.2 Å². The lowest BCUT2D eigenvalue weighted by Gasteiger charge is -2.21. The topological polar surface area (TPSA) is 120 Å². The number of amides is 2. The molecule has 0 aromatic heterocycles. The number of nitrogens with one attached hydrogen (secondary N) is 2. The molecule has 0 radical (unpaired) electrons. The molecule has 4 rings (SSSR count). The highest BCUT2D eigenvalue weighted by Gasteiger charge is 2.44. The number of carbonyl (C=O) groups is 2. The van der Waals surface area contributed by atoms with Gasteiger partial charge in [-0.3, -0.25) is 9.59 Å². The van der Waals surface area contributed by atoms with Crippen LogP contribution in [0.4, 0.5) is 5.69 Å². The average molecular weight is 489 g/mol. The van der Waals surface area contributed by atoms with E-state index in [1.54, 1.807) is 42.5 Å². The van der Waals surface area contributed by atoms with Gasteiger partial charge in [-0.05, 0) is 43.5 Å². The van der Waals surface area contributed by atoms with Crippen LogP contribution in [0.1, 0.15) is 42.5 Å². The Morgan fingerprint density at radius 1 is 1.09 bits per heavy atom. The monoisotopic (exact) mass is 488 g/mol. The van der Waals surface area contributed by atoms with E-state index in [1.165, 1.54) is 7.11 Å². The molecular weight excluding hydrogens is 460 g/mol. The third-order valence-corrected chi connectivity index (χ3v) is 6.90. The van der Waals surface area contributed by atoms with Gasteiger partial charge in [-0.15, -0.1) is 0 Å². The predicted molar refractivity (Wildman–Crippen MR) is 126 cm³/mol. The first-order valence-corrected chi connectivity index (χ1v) is 13.2. The quantitative estimate of drug-likeness (QED) is 0.586. The van der Waals surface area contributed by atoms with Gasteiger partial charge < -0.3 is 24.8 Å². The molecule has 9 nitrogen and oxygen atoms in total. The lowest BCUT2D eigenvalue weighted by molar-refractivity contribution is -0.118. The number of ether oxygens (including phenoxy) is 3. The summed E-state index contributed by atoms with van der Waals surface area (Å²) in [7, 11) is -1.91. The first kappa shape index (κ1) is 23.9. The smallest absolute Gasteiger partial charge is 0.255 e. The minimum atomic E-state index is -3.35. The molecule has 1 heterocycles. The van der Waals surface area contributed by atoms with Gasteiger partial charge in [0.25, 0.3) is 11.7 Å². The Labute approximate surface area is 198 Å². The average Bonchev–Trinajstić information content (AvgIpc) is 3.40. The van der Waals surface area contributed by atoms with Crippen molar-refractivity contribution in [2.45, 2.75) is 43.9 Å². The summed E-state index contributed by atoms with van der Waals surface area (Å²) >= 11 is 0. The van der Waals surface area contributed by atoms with Crippen LogP contribution < -0.4 is 24.8 Å². The Morgan fingerprint density at radius 2 is 1.79 bits per heavy atom. The molecule has 2 aliphatic rings. The Balaban J connectivity index is 1.49. The van der Waals surface area contributed by atoms with Crippen LogP contribution in [0.2, 0.25) is 0 Å². The van der Waals surface area contributed by atoms with Crippen molar-refractivity contribution < 1.29 is 32.2 Å². The molecule has 34 heavy (non-hydrogen) atoms. The molecule has 1 fully saturated rings. The first-order valence-electron chi connectivity index (χ1n) is 11.1. The van der Waals surface area contributed by atoms with Crippen molar-refractivity contribution in [3.8, 4) is 17.2 Å². The zero-order chi connectivity index (χ0) is 24.3. The minimum absolute atomic E-state index is 0.0841. The van der Waals surface area contributed by atoms with Crippen LogP contribution in [0.25, 0.3) is 0 Å². The van der Waals surface area contributed by atoms with Crippen molar-refractivity contribution in [1.29, 1.82) is 0 Å². The third kappa shape index (κ3) is 5.44. The highest BCUT2D eigenvalue weighted by molar-refractivity contribution is 7.90. The van der Waals surface area contributed by atoms with Gasteiger partial charge in [0.15, 0.2) is 11.5 Å². The molecule has 2 N–H and O–H groups in total. The fourth-order valence-electron chi connectivity index (χ4n) is 4.19. The van der Waals surface area contributed by atoms with Crippen LogP contribution in [-0.2, 0) is 14.6 Å². The molecule has 1 atom stereocenters. The molecule has 1 aliphatic carbocycles. The Hall–Kier alpha value is -3.27. The second-order valence-electron chi connectivity index (χ2n) is 8.62. The lowest BCUT2D eigenvalue weighted by atomic mass is 10.1. The van der Waals surface area contributed by atoms with Gasteiger partial charge in [-0.1, -0.05) is 12.1 Å². The fraction of sp³-hybridized carbons (Fsp3) is 0.417. The second kappa shape index (κ2) is 9.54. The van der Waals surface area contributed by atoms with Crippen LogP contribution >= 0.6 is 0 Å². The molecule has 2 aromatic rings. The van der Waals surface area contributed by atoms with Crippen molar-refractivity contribution in [2.75, 3.05) is 24.4 Å². The number of methoxy groups -OCH3 is 1. The summed E-state index contributed by atoms with van der Waals surface area (Å²) in [4.78, 5) is 25.9. The predicted octanol–water partition coefficient (Wildman–Crippen LogP) is 2.91. The van der Waals surface area contributed by atoms with Crippen LogP contribution in [0.3, 0.4) is 0 Å². The van der Waals surface area contributed by atoms with E-state index in [0.717, 1.165) is 31.9 Å². The summed E-state index contributed by atoms with van der Waals surface area (Å²) in [6.45, 7) is 0. The number of carbonyl (C=O) groups excluding carboxylic acids is 2. The lowest BCUT2D eigenvalue weighted by Crippen LogP contribution is -2.44. The number of fused-ring (bicyclic) bond motifs is 1. The van der Waals surface area contributed by atoms with Gasteiger partial charge in [-0.25, -0.2) is 8.42 Å². The van der Waals surface area contributed by atoms with E-state index in [-0.39, 0.29) is 17.7 Å². The molecule has 2 aromatic carbocycles. The molecule has 10 heteroatoms. The number of hydrogen-bond donors (Lipinski definition) is 2. The van der Waals surface area contributed by atoms with Crippen LogP contribution in [0, 0.1) is 0 Å². The van der Waals surface area contributed by atoms with E-state index in [2.05, 4.69) is 10.6 Å². The summed E-state index contributed by atoms with van der Waals surface area (Å²) in [6.07, 6.45) is 4.69. The molecular formula is C24H28N2O7S. The molecule has 0 unspecified atom stereocenters. The molecule has 1 saturated carbocycles. The Morgan fingerprint density at radius 3 is 2.50 bits per heavy atom. The van der Waals surface area contributed by atoms with Gasteiger partial charge in [-0.2, -0.15) is 0 Å². The van der Waals surface area contributed by atoms with Crippen molar-refractivity contribution in [3.05, 3.63) is 48.0 Å². The SMILES string of the molecule is COc1ccccc1C(=O)N[C@H](CCS(C)(=O)=O)C(=O)Nc1ccc2c(c1)OC1(CCCC1)O2. The molecule has 0 saturated heterocycles. The fourth-order valence-corrected chi connectivity index (χ4v) is 4.85.